The Bertz CT molecular complexity index is 810. The summed E-state index contributed by atoms with van der Waals surface area (Å²) in [6, 6.07) is 11.4. The van der Waals surface area contributed by atoms with Gasteiger partial charge in [0.1, 0.15) is 36.9 Å². The first kappa shape index (κ1) is 26.4. The van der Waals surface area contributed by atoms with E-state index in [-0.39, 0.29) is 13.2 Å². The van der Waals surface area contributed by atoms with Gasteiger partial charge in [-0.25, -0.2) is 0 Å². The second-order valence-corrected chi connectivity index (χ2v) is 11.2. The summed E-state index contributed by atoms with van der Waals surface area (Å²) in [5.41, 5.74) is 0. The third kappa shape index (κ3) is 8.54. The van der Waals surface area contributed by atoms with Gasteiger partial charge in [-0.2, -0.15) is 0 Å². The molecule has 32 heavy (non-hydrogen) atoms. The summed E-state index contributed by atoms with van der Waals surface area (Å²) in [6.07, 6.45) is -1.14. The van der Waals surface area contributed by atoms with Crippen LogP contribution in [0, 0.1) is 0 Å². The quantitative estimate of drug-likeness (QED) is 0.380. The van der Waals surface area contributed by atoms with Crippen molar-refractivity contribution in [2.24, 2.45) is 0 Å². The molecular formula is C22H26Br4N2O4. The van der Waals surface area contributed by atoms with Crippen LogP contribution in [0.5, 0.6) is 11.5 Å². The number of nitrogens with zero attached hydrogens (tertiary/aromatic N) is 2. The van der Waals surface area contributed by atoms with Crippen molar-refractivity contribution in [3.8, 4) is 11.5 Å². The van der Waals surface area contributed by atoms with Gasteiger partial charge >= 0.3 is 0 Å². The lowest BCUT2D eigenvalue weighted by Gasteiger charge is -2.36. The summed E-state index contributed by atoms with van der Waals surface area (Å²) in [7, 11) is 0. The number of hydrogen-bond donors (Lipinski definition) is 2. The molecule has 2 N–H and O–H groups in total. The minimum atomic E-state index is -0.569. The highest BCUT2D eigenvalue weighted by Crippen LogP contribution is 2.29. The van der Waals surface area contributed by atoms with E-state index in [1.807, 2.05) is 36.4 Å². The number of benzene rings is 2. The molecular weight excluding hydrogens is 676 g/mol. The molecule has 2 atom stereocenters. The van der Waals surface area contributed by atoms with Gasteiger partial charge in [-0.3, -0.25) is 9.80 Å². The highest BCUT2D eigenvalue weighted by Gasteiger charge is 2.21. The number of halogens is 4. The molecule has 0 aliphatic carbocycles. The molecule has 0 saturated carbocycles. The van der Waals surface area contributed by atoms with Crippen LogP contribution in [0.25, 0.3) is 0 Å². The van der Waals surface area contributed by atoms with Gasteiger partial charge in [-0.05, 0) is 68.3 Å². The maximum Gasteiger partial charge on any atom is 0.133 e. The third-order valence-corrected chi connectivity index (χ3v) is 7.28. The molecule has 0 bridgehead atoms. The van der Waals surface area contributed by atoms with E-state index in [1.165, 1.54) is 0 Å². The lowest BCUT2D eigenvalue weighted by atomic mass is 10.2. The van der Waals surface area contributed by atoms with Gasteiger partial charge in [0.15, 0.2) is 0 Å². The normalized spacial score (nSPS) is 17.2. The first-order valence-electron chi connectivity index (χ1n) is 10.3. The SMILES string of the molecule is O[C@H](COc1ccc(Br)cc1Br)CN1CCN(C[C@@H](O)COc2ccc(Br)cc2Br)CC1. The molecule has 6 nitrogen and oxygen atoms in total. The van der Waals surface area contributed by atoms with Crippen LogP contribution in [0.4, 0.5) is 0 Å². The predicted octanol–water partition coefficient (Wildman–Crippen LogP) is 4.53. The van der Waals surface area contributed by atoms with Crippen LogP contribution in [0.2, 0.25) is 0 Å². The van der Waals surface area contributed by atoms with Gasteiger partial charge < -0.3 is 19.7 Å². The average molecular weight is 702 g/mol. The predicted molar refractivity (Wildman–Crippen MR) is 140 cm³/mol. The first-order chi connectivity index (χ1) is 15.3. The molecule has 0 spiro atoms. The molecule has 3 rings (SSSR count). The van der Waals surface area contributed by atoms with Gasteiger partial charge in [0.25, 0.3) is 0 Å². The summed E-state index contributed by atoms with van der Waals surface area (Å²) >= 11 is 13.8. The van der Waals surface area contributed by atoms with Crippen molar-refractivity contribution < 1.29 is 19.7 Å². The molecule has 1 aliphatic rings. The number of aliphatic hydroxyl groups is 2. The van der Waals surface area contributed by atoms with Gasteiger partial charge in [-0.15, -0.1) is 0 Å². The molecule has 176 valence electrons. The number of ether oxygens (including phenoxy) is 2. The molecule has 0 radical (unpaired) electrons. The smallest absolute Gasteiger partial charge is 0.133 e. The van der Waals surface area contributed by atoms with Crippen LogP contribution in [0.1, 0.15) is 0 Å². The summed E-state index contributed by atoms with van der Waals surface area (Å²) in [4.78, 5) is 4.45. The molecule has 1 heterocycles. The summed E-state index contributed by atoms with van der Waals surface area (Å²) in [6.45, 7) is 4.95. The van der Waals surface area contributed by atoms with Crippen molar-refractivity contribution >= 4 is 63.7 Å². The van der Waals surface area contributed by atoms with Crippen LogP contribution < -0.4 is 9.47 Å². The van der Waals surface area contributed by atoms with E-state index in [9.17, 15) is 10.2 Å². The molecule has 2 aromatic rings. The summed E-state index contributed by atoms with van der Waals surface area (Å²) in [5, 5.41) is 20.7. The molecule has 1 saturated heterocycles. The summed E-state index contributed by atoms with van der Waals surface area (Å²) < 4.78 is 15.1. The minimum absolute atomic E-state index is 0.238. The van der Waals surface area contributed by atoms with Crippen LogP contribution in [-0.4, -0.2) is 84.7 Å². The summed E-state index contributed by atoms with van der Waals surface area (Å²) in [5.74, 6) is 1.42. The van der Waals surface area contributed by atoms with Crippen molar-refractivity contribution in [3.63, 3.8) is 0 Å². The molecule has 0 aromatic heterocycles. The maximum absolute atomic E-state index is 10.4. The number of aliphatic hydroxyl groups excluding tert-OH is 2. The fourth-order valence-corrected chi connectivity index (χ4v) is 5.74. The Kier molecular flexibility index (Phi) is 10.8. The Balaban J connectivity index is 1.33. The monoisotopic (exact) mass is 698 g/mol. The van der Waals surface area contributed by atoms with Gasteiger partial charge in [0.05, 0.1) is 8.95 Å². The van der Waals surface area contributed by atoms with Crippen LogP contribution in [0.15, 0.2) is 54.3 Å². The van der Waals surface area contributed by atoms with Crippen molar-refractivity contribution in [1.29, 1.82) is 0 Å². The lowest BCUT2D eigenvalue weighted by Crippen LogP contribution is -2.51. The van der Waals surface area contributed by atoms with Crippen LogP contribution in [-0.2, 0) is 0 Å². The highest BCUT2D eigenvalue weighted by molar-refractivity contribution is 9.11. The Labute approximate surface area is 222 Å². The third-order valence-electron chi connectivity index (χ3n) is 5.05. The van der Waals surface area contributed by atoms with Crippen molar-refractivity contribution in [2.75, 3.05) is 52.5 Å². The fourth-order valence-electron chi connectivity index (χ4n) is 3.41. The van der Waals surface area contributed by atoms with Gasteiger partial charge in [-0.1, -0.05) is 31.9 Å². The van der Waals surface area contributed by atoms with E-state index in [0.717, 1.165) is 44.1 Å². The van der Waals surface area contributed by atoms with Crippen LogP contribution >= 0.6 is 63.7 Å². The Hall–Kier alpha value is -0.200. The zero-order chi connectivity index (χ0) is 23.1. The van der Waals surface area contributed by atoms with Crippen molar-refractivity contribution in [2.45, 2.75) is 12.2 Å². The van der Waals surface area contributed by atoms with Gasteiger partial charge in [0.2, 0.25) is 0 Å². The zero-order valence-corrected chi connectivity index (χ0v) is 23.7. The molecule has 0 amide bonds. The van der Waals surface area contributed by atoms with E-state index in [4.69, 9.17) is 9.47 Å². The number of β-amino-alcohol motifs (C(OH)–C–C–N with tert-alkyl or cyclic N) is 2. The minimum Gasteiger partial charge on any atom is -0.490 e. The lowest BCUT2D eigenvalue weighted by molar-refractivity contribution is 0.0239. The molecule has 2 aromatic carbocycles. The Morgan fingerprint density at radius 3 is 1.41 bits per heavy atom. The van der Waals surface area contributed by atoms with E-state index >= 15 is 0 Å². The second kappa shape index (κ2) is 13.0. The Morgan fingerprint density at radius 2 is 1.06 bits per heavy atom. The molecule has 10 heteroatoms. The first-order valence-corrected chi connectivity index (χ1v) is 13.4. The van der Waals surface area contributed by atoms with E-state index < -0.39 is 12.2 Å². The van der Waals surface area contributed by atoms with E-state index in [1.54, 1.807) is 0 Å². The van der Waals surface area contributed by atoms with Crippen molar-refractivity contribution in [1.82, 2.24) is 9.80 Å². The number of rotatable bonds is 10. The second-order valence-electron chi connectivity index (χ2n) is 7.68. The maximum atomic E-state index is 10.4. The molecule has 1 aliphatic heterocycles. The topological polar surface area (TPSA) is 65.4 Å². The standard InChI is InChI=1S/C22H26Br4N2O4/c23-15-1-3-21(19(25)9-15)31-13-17(29)11-27-5-7-28(8-6-27)12-18(30)14-32-22-4-2-16(24)10-20(22)26/h1-4,9-10,17-18,29-30H,5-8,11-14H2/t17-,18+. The number of hydrogen-bond acceptors (Lipinski definition) is 6. The Morgan fingerprint density at radius 1 is 0.688 bits per heavy atom. The average Bonchev–Trinajstić information content (AvgIpc) is 2.74. The zero-order valence-electron chi connectivity index (χ0n) is 17.4. The van der Waals surface area contributed by atoms with Crippen LogP contribution in [0.3, 0.4) is 0 Å². The van der Waals surface area contributed by atoms with E-state index in [2.05, 4.69) is 73.5 Å². The van der Waals surface area contributed by atoms with E-state index in [0.29, 0.717) is 24.6 Å². The largest absolute Gasteiger partial charge is 0.490 e. The highest BCUT2D eigenvalue weighted by atomic mass is 79.9. The van der Waals surface area contributed by atoms with Gasteiger partial charge in [0, 0.05) is 48.2 Å². The molecule has 0 unspecified atom stereocenters. The number of piperazine rings is 1. The van der Waals surface area contributed by atoms with Crippen molar-refractivity contribution in [3.05, 3.63) is 54.3 Å². The molecule has 1 fully saturated rings. The fraction of sp³-hybridized carbons (Fsp3) is 0.455.